The highest BCUT2D eigenvalue weighted by atomic mass is 16.6. The topological polar surface area (TPSA) is 41.6 Å². The van der Waals surface area contributed by atoms with Crippen LogP contribution in [-0.4, -0.2) is 42.8 Å². The van der Waals surface area contributed by atoms with Gasteiger partial charge in [-0.15, -0.1) is 0 Å². The van der Waals surface area contributed by atoms with Crippen LogP contribution in [0.3, 0.4) is 0 Å². The van der Waals surface area contributed by atoms with Gasteiger partial charge in [-0.3, -0.25) is 0 Å². The molecule has 0 aromatic carbocycles. The summed E-state index contributed by atoms with van der Waals surface area (Å²) in [7, 11) is 2.21. The van der Waals surface area contributed by atoms with Crippen LogP contribution in [0.4, 0.5) is 4.79 Å². The standard InChI is InChI=1S/C15H28N2O2/c1-14(2,3)19-13(18)16-12-5-7-15(8-6-12)9-10-17(4)11-15/h12H,5-11H2,1-4H3,(H,16,18). The third kappa shape index (κ3) is 4.10. The van der Waals surface area contributed by atoms with Crippen LogP contribution in [0.1, 0.15) is 52.9 Å². The summed E-state index contributed by atoms with van der Waals surface area (Å²) in [5.74, 6) is 0. The number of alkyl carbamates (subject to hydrolysis) is 1. The van der Waals surface area contributed by atoms with Gasteiger partial charge in [0.1, 0.15) is 5.60 Å². The molecule has 1 aliphatic carbocycles. The summed E-state index contributed by atoms with van der Waals surface area (Å²) in [5, 5.41) is 3.02. The molecule has 1 saturated heterocycles. The lowest BCUT2D eigenvalue weighted by Crippen LogP contribution is -2.43. The molecule has 19 heavy (non-hydrogen) atoms. The SMILES string of the molecule is CN1CCC2(CCC(NC(=O)OC(C)(C)C)CC2)C1. The van der Waals surface area contributed by atoms with E-state index < -0.39 is 5.60 Å². The van der Waals surface area contributed by atoms with Crippen LogP contribution in [0, 0.1) is 5.41 Å². The summed E-state index contributed by atoms with van der Waals surface area (Å²) >= 11 is 0. The fourth-order valence-electron chi connectivity index (χ4n) is 3.42. The average Bonchev–Trinajstić information content (AvgIpc) is 2.61. The molecule has 0 aromatic rings. The highest BCUT2D eigenvalue weighted by Crippen LogP contribution is 2.43. The minimum Gasteiger partial charge on any atom is -0.444 e. The zero-order valence-electron chi connectivity index (χ0n) is 12.8. The van der Waals surface area contributed by atoms with Gasteiger partial charge in [-0.25, -0.2) is 4.79 Å². The van der Waals surface area contributed by atoms with Gasteiger partial charge >= 0.3 is 6.09 Å². The minimum atomic E-state index is -0.409. The lowest BCUT2D eigenvalue weighted by molar-refractivity contribution is 0.0470. The van der Waals surface area contributed by atoms with Crippen LogP contribution < -0.4 is 5.32 Å². The Balaban J connectivity index is 1.76. The fraction of sp³-hybridized carbons (Fsp3) is 0.933. The average molecular weight is 268 g/mol. The Morgan fingerprint density at radius 3 is 2.37 bits per heavy atom. The molecule has 2 rings (SSSR count). The van der Waals surface area contributed by atoms with E-state index >= 15 is 0 Å². The molecule has 0 unspecified atom stereocenters. The number of likely N-dealkylation sites (tertiary alicyclic amines) is 1. The van der Waals surface area contributed by atoms with E-state index in [1.165, 1.54) is 32.4 Å². The van der Waals surface area contributed by atoms with Gasteiger partial charge in [0.05, 0.1) is 0 Å². The van der Waals surface area contributed by atoms with Crippen molar-refractivity contribution in [2.45, 2.75) is 64.5 Å². The van der Waals surface area contributed by atoms with Crippen molar-refractivity contribution in [1.82, 2.24) is 10.2 Å². The zero-order valence-corrected chi connectivity index (χ0v) is 12.8. The number of nitrogens with one attached hydrogen (secondary N) is 1. The Bertz CT molecular complexity index is 328. The molecule has 1 heterocycles. The van der Waals surface area contributed by atoms with Gasteiger partial charge in [0.2, 0.25) is 0 Å². The zero-order chi connectivity index (χ0) is 14.1. The molecule has 1 N–H and O–H groups in total. The number of hydrogen-bond acceptors (Lipinski definition) is 3. The monoisotopic (exact) mass is 268 g/mol. The van der Waals surface area contributed by atoms with Gasteiger partial charge in [0.15, 0.2) is 0 Å². The second-order valence-electron chi connectivity index (χ2n) is 7.41. The first-order chi connectivity index (χ1) is 8.78. The first-order valence-corrected chi connectivity index (χ1v) is 7.46. The molecule has 110 valence electrons. The van der Waals surface area contributed by atoms with Gasteiger partial charge in [0, 0.05) is 12.6 Å². The van der Waals surface area contributed by atoms with Gasteiger partial charge < -0.3 is 15.0 Å². The second kappa shape index (κ2) is 5.31. The molecule has 0 aromatic heterocycles. The molecule has 2 fully saturated rings. The highest BCUT2D eigenvalue weighted by Gasteiger charge is 2.40. The molecule has 4 heteroatoms. The predicted octanol–water partition coefficient (Wildman–Crippen LogP) is 2.78. The van der Waals surface area contributed by atoms with Crippen molar-refractivity contribution in [3.63, 3.8) is 0 Å². The lowest BCUT2D eigenvalue weighted by Gasteiger charge is -2.37. The number of rotatable bonds is 1. The van der Waals surface area contributed by atoms with E-state index in [-0.39, 0.29) is 6.09 Å². The highest BCUT2D eigenvalue weighted by molar-refractivity contribution is 5.68. The summed E-state index contributed by atoms with van der Waals surface area (Å²) in [6.45, 7) is 8.15. The van der Waals surface area contributed by atoms with Crippen molar-refractivity contribution in [2.75, 3.05) is 20.1 Å². The van der Waals surface area contributed by atoms with Crippen LogP contribution in [-0.2, 0) is 4.74 Å². The van der Waals surface area contributed by atoms with Crippen molar-refractivity contribution in [3.05, 3.63) is 0 Å². The number of carbonyl (C=O) groups is 1. The Labute approximate surface area is 116 Å². The number of nitrogens with zero attached hydrogens (tertiary/aromatic N) is 1. The fourth-order valence-corrected chi connectivity index (χ4v) is 3.42. The summed E-state index contributed by atoms with van der Waals surface area (Å²) < 4.78 is 5.32. The summed E-state index contributed by atoms with van der Waals surface area (Å²) in [4.78, 5) is 14.2. The van der Waals surface area contributed by atoms with Crippen LogP contribution in [0.2, 0.25) is 0 Å². The Hall–Kier alpha value is -0.770. The summed E-state index contributed by atoms with van der Waals surface area (Å²) in [6, 6.07) is 0.298. The van der Waals surface area contributed by atoms with Crippen molar-refractivity contribution in [3.8, 4) is 0 Å². The summed E-state index contributed by atoms with van der Waals surface area (Å²) in [5.41, 5.74) is 0.120. The van der Waals surface area contributed by atoms with E-state index in [1.54, 1.807) is 0 Å². The number of hydrogen-bond donors (Lipinski definition) is 1. The second-order valence-corrected chi connectivity index (χ2v) is 7.41. The third-order valence-electron chi connectivity index (χ3n) is 4.40. The predicted molar refractivity (Wildman–Crippen MR) is 76.2 cm³/mol. The van der Waals surface area contributed by atoms with Crippen molar-refractivity contribution < 1.29 is 9.53 Å². The quantitative estimate of drug-likeness (QED) is 0.795. The van der Waals surface area contributed by atoms with Crippen molar-refractivity contribution >= 4 is 6.09 Å². The van der Waals surface area contributed by atoms with E-state index in [1.807, 2.05) is 20.8 Å². The van der Waals surface area contributed by atoms with Gasteiger partial charge in [-0.1, -0.05) is 0 Å². The number of carbonyl (C=O) groups excluding carboxylic acids is 1. The lowest BCUT2D eigenvalue weighted by atomic mass is 9.72. The number of amides is 1. The van der Waals surface area contributed by atoms with Crippen LogP contribution >= 0.6 is 0 Å². The molecule has 0 radical (unpaired) electrons. The summed E-state index contributed by atoms with van der Waals surface area (Å²) in [6.07, 6.45) is 5.70. The molecular formula is C15H28N2O2. The maximum absolute atomic E-state index is 11.8. The molecular weight excluding hydrogens is 240 g/mol. The van der Waals surface area contributed by atoms with E-state index in [2.05, 4.69) is 17.3 Å². The first-order valence-electron chi connectivity index (χ1n) is 7.46. The molecule has 1 aliphatic heterocycles. The molecule has 2 aliphatic rings. The minimum absolute atomic E-state index is 0.267. The molecule has 0 bridgehead atoms. The van der Waals surface area contributed by atoms with Crippen LogP contribution in [0.5, 0.6) is 0 Å². The molecule has 1 amide bonds. The smallest absolute Gasteiger partial charge is 0.407 e. The Morgan fingerprint density at radius 1 is 1.26 bits per heavy atom. The number of ether oxygens (including phenoxy) is 1. The van der Waals surface area contributed by atoms with Gasteiger partial charge in [-0.2, -0.15) is 0 Å². The van der Waals surface area contributed by atoms with E-state index in [4.69, 9.17) is 4.74 Å². The molecule has 1 spiro atoms. The van der Waals surface area contributed by atoms with Crippen LogP contribution in [0.25, 0.3) is 0 Å². The normalized spacial score (nSPS) is 32.5. The maximum atomic E-state index is 11.8. The first kappa shape index (κ1) is 14.6. The van der Waals surface area contributed by atoms with E-state index in [9.17, 15) is 4.79 Å². The van der Waals surface area contributed by atoms with Crippen molar-refractivity contribution in [1.29, 1.82) is 0 Å². The van der Waals surface area contributed by atoms with Crippen LogP contribution in [0.15, 0.2) is 0 Å². The van der Waals surface area contributed by atoms with Crippen molar-refractivity contribution in [2.24, 2.45) is 5.41 Å². The van der Waals surface area contributed by atoms with Gasteiger partial charge in [0.25, 0.3) is 0 Å². The maximum Gasteiger partial charge on any atom is 0.407 e. The molecule has 1 saturated carbocycles. The Morgan fingerprint density at radius 2 is 1.89 bits per heavy atom. The van der Waals surface area contributed by atoms with E-state index in [0.29, 0.717) is 11.5 Å². The van der Waals surface area contributed by atoms with Gasteiger partial charge in [-0.05, 0) is 71.9 Å². The van der Waals surface area contributed by atoms with E-state index in [0.717, 1.165) is 12.8 Å². The Kier molecular flexibility index (Phi) is 4.09. The molecule has 0 atom stereocenters. The third-order valence-corrected chi connectivity index (χ3v) is 4.40. The largest absolute Gasteiger partial charge is 0.444 e. The molecule has 4 nitrogen and oxygen atoms in total.